The Morgan fingerprint density at radius 3 is 2.27 bits per heavy atom. The van der Waals surface area contributed by atoms with E-state index in [1.165, 1.54) is 11.8 Å². The maximum atomic E-state index is 12.3. The largest absolute Gasteiger partial charge is 0.453 e. The monoisotopic (exact) mass is 625 g/mol. The maximum absolute atomic E-state index is 12.3. The second kappa shape index (κ2) is 15.4. The molecule has 8 heteroatoms. The quantitative estimate of drug-likeness (QED) is 0.137. The number of carbonyl (C=O) groups is 2. The molecule has 1 aliphatic rings. The molecule has 1 saturated heterocycles. The van der Waals surface area contributed by atoms with Crippen molar-refractivity contribution >= 4 is 23.6 Å². The average Bonchev–Trinajstić information content (AvgIpc) is 3.07. The third-order valence-electron chi connectivity index (χ3n) is 7.90. The van der Waals surface area contributed by atoms with Gasteiger partial charge in [-0.2, -0.15) is 0 Å². The Balaban J connectivity index is 1.31. The first-order valence-electron chi connectivity index (χ1n) is 15.1. The zero-order valence-electron chi connectivity index (χ0n) is 25.7. The lowest BCUT2D eigenvalue weighted by Crippen LogP contribution is -2.38. The topological polar surface area (TPSA) is 94.1 Å². The molecule has 4 aromatic rings. The first-order valence-corrected chi connectivity index (χ1v) is 16.1. The fourth-order valence-corrected chi connectivity index (χ4v) is 6.42. The Kier molecular flexibility index (Phi) is 11.1. The zero-order chi connectivity index (χ0) is 31.8. The van der Waals surface area contributed by atoms with Gasteiger partial charge in [0, 0.05) is 35.6 Å². The van der Waals surface area contributed by atoms with E-state index in [9.17, 15) is 14.7 Å². The maximum Gasteiger partial charge on any atom is 0.303 e. The van der Waals surface area contributed by atoms with Crippen LogP contribution in [0.4, 0.5) is 0 Å². The number of esters is 1. The SMILES string of the molecule is CC(=O)O[C@@H](C)C(=O)NCc1cccc(-c2ccc([C@H]3O[C@@H](CSc4ccccc4)[C@@H](C)[C@@H](c4ccc(CO)cc4)O3)cc2)c1. The number of rotatable bonds is 11. The lowest BCUT2D eigenvalue weighted by Gasteiger charge is -2.41. The van der Waals surface area contributed by atoms with E-state index in [0.29, 0.717) is 6.54 Å². The van der Waals surface area contributed by atoms with Crippen molar-refractivity contribution in [3.8, 4) is 11.1 Å². The molecule has 234 valence electrons. The fourth-order valence-electron chi connectivity index (χ4n) is 5.33. The molecule has 1 fully saturated rings. The van der Waals surface area contributed by atoms with Crippen LogP contribution in [0.2, 0.25) is 0 Å². The highest BCUT2D eigenvalue weighted by atomic mass is 32.2. The van der Waals surface area contributed by atoms with Gasteiger partial charge in [0.15, 0.2) is 12.4 Å². The summed E-state index contributed by atoms with van der Waals surface area (Å²) in [5.41, 5.74) is 5.83. The van der Waals surface area contributed by atoms with Crippen molar-refractivity contribution in [1.29, 1.82) is 0 Å². The molecule has 0 aromatic heterocycles. The summed E-state index contributed by atoms with van der Waals surface area (Å²) in [6, 6.07) is 34.4. The minimum absolute atomic E-state index is 0.00259. The standard InChI is InChI=1S/C37H39NO6S/c1-24-34(23-45-33-10-5-4-6-11-33)43-37(44-35(24)30-14-12-27(22-39)13-15-30)31-18-16-29(17-19-31)32-9-7-8-28(20-32)21-38-36(41)25(2)42-26(3)40/h4-20,24-25,34-35,37,39H,21-23H2,1-3H3,(H,38,41)/t24-,25+,34+,35+,37+/m1/s1. The molecule has 7 nitrogen and oxygen atoms in total. The number of carbonyl (C=O) groups excluding carboxylic acids is 2. The van der Waals surface area contributed by atoms with E-state index in [0.717, 1.165) is 39.1 Å². The minimum atomic E-state index is -0.846. The molecule has 0 unspecified atom stereocenters. The van der Waals surface area contributed by atoms with Crippen LogP contribution in [0.5, 0.6) is 0 Å². The number of nitrogens with one attached hydrogen (secondary N) is 1. The molecule has 5 atom stereocenters. The molecule has 2 N–H and O–H groups in total. The van der Waals surface area contributed by atoms with Crippen molar-refractivity contribution in [1.82, 2.24) is 5.32 Å². The molecule has 1 amide bonds. The van der Waals surface area contributed by atoms with Gasteiger partial charge < -0.3 is 24.6 Å². The van der Waals surface area contributed by atoms with Gasteiger partial charge in [-0.1, -0.05) is 91.9 Å². The van der Waals surface area contributed by atoms with Crippen LogP contribution < -0.4 is 5.32 Å². The summed E-state index contributed by atoms with van der Waals surface area (Å²) in [7, 11) is 0. The highest BCUT2D eigenvalue weighted by Gasteiger charge is 2.38. The predicted molar refractivity (Wildman–Crippen MR) is 175 cm³/mol. The van der Waals surface area contributed by atoms with E-state index in [1.807, 2.05) is 78.9 Å². The lowest BCUT2D eigenvalue weighted by atomic mass is 9.91. The van der Waals surface area contributed by atoms with Crippen LogP contribution in [0.1, 0.15) is 55.4 Å². The molecule has 5 rings (SSSR count). The summed E-state index contributed by atoms with van der Waals surface area (Å²) < 4.78 is 18.2. The number of aliphatic hydroxyl groups is 1. The molecule has 45 heavy (non-hydrogen) atoms. The molecule has 1 aliphatic heterocycles. The van der Waals surface area contributed by atoms with Gasteiger partial charge in [0.2, 0.25) is 0 Å². The number of ether oxygens (including phenoxy) is 3. The first kappa shape index (κ1) is 32.4. The third-order valence-corrected chi connectivity index (χ3v) is 9.00. The van der Waals surface area contributed by atoms with Gasteiger partial charge in [-0.15, -0.1) is 11.8 Å². The number of aliphatic hydroxyl groups excluding tert-OH is 1. The Hall–Kier alpha value is -3.95. The van der Waals surface area contributed by atoms with Crippen LogP contribution in [-0.2, 0) is 37.0 Å². The molecule has 0 aliphatic carbocycles. The fraction of sp³-hybridized carbons (Fsp3) is 0.297. The molecule has 0 bridgehead atoms. The Morgan fingerprint density at radius 2 is 1.58 bits per heavy atom. The van der Waals surface area contributed by atoms with Crippen LogP contribution in [-0.4, -0.2) is 34.9 Å². The predicted octanol–water partition coefficient (Wildman–Crippen LogP) is 7.00. The van der Waals surface area contributed by atoms with Crippen molar-refractivity contribution in [2.24, 2.45) is 5.92 Å². The Morgan fingerprint density at radius 1 is 0.867 bits per heavy atom. The smallest absolute Gasteiger partial charge is 0.303 e. The number of hydrogen-bond donors (Lipinski definition) is 2. The molecule has 0 saturated carbocycles. The first-order chi connectivity index (χ1) is 21.8. The summed E-state index contributed by atoms with van der Waals surface area (Å²) >= 11 is 1.78. The van der Waals surface area contributed by atoms with Crippen LogP contribution in [0.25, 0.3) is 11.1 Å². The minimum Gasteiger partial charge on any atom is -0.453 e. The van der Waals surface area contributed by atoms with Gasteiger partial charge >= 0.3 is 5.97 Å². The van der Waals surface area contributed by atoms with Gasteiger partial charge in [-0.25, -0.2) is 0 Å². The summed E-state index contributed by atoms with van der Waals surface area (Å²) in [6.07, 6.45) is -1.61. The van der Waals surface area contributed by atoms with Gasteiger partial charge in [0.05, 0.1) is 18.8 Å². The van der Waals surface area contributed by atoms with Crippen molar-refractivity contribution in [2.75, 3.05) is 5.75 Å². The molecular weight excluding hydrogens is 586 g/mol. The van der Waals surface area contributed by atoms with Gasteiger partial charge in [-0.3, -0.25) is 9.59 Å². The van der Waals surface area contributed by atoms with Crippen LogP contribution in [0.3, 0.4) is 0 Å². The Bertz CT molecular complexity index is 1560. The molecular formula is C37H39NO6S. The van der Waals surface area contributed by atoms with Gasteiger partial charge in [0.25, 0.3) is 5.91 Å². The van der Waals surface area contributed by atoms with E-state index in [-0.39, 0.29) is 30.6 Å². The molecule has 0 radical (unpaired) electrons. The number of hydrogen-bond acceptors (Lipinski definition) is 7. The molecule has 1 heterocycles. The van der Waals surface area contributed by atoms with E-state index < -0.39 is 18.4 Å². The normalized spacial score (nSPS) is 20.3. The second-order valence-corrected chi connectivity index (χ2v) is 12.3. The van der Waals surface area contributed by atoms with E-state index >= 15 is 0 Å². The van der Waals surface area contributed by atoms with Crippen molar-refractivity contribution in [3.63, 3.8) is 0 Å². The summed E-state index contributed by atoms with van der Waals surface area (Å²) in [5.74, 6) is 0.0643. The van der Waals surface area contributed by atoms with Crippen molar-refractivity contribution < 1.29 is 28.9 Å². The van der Waals surface area contributed by atoms with E-state index in [1.54, 1.807) is 18.7 Å². The summed E-state index contributed by atoms with van der Waals surface area (Å²) in [6.45, 7) is 5.33. The number of benzene rings is 4. The van der Waals surface area contributed by atoms with Crippen LogP contribution >= 0.6 is 11.8 Å². The zero-order valence-corrected chi connectivity index (χ0v) is 26.5. The van der Waals surface area contributed by atoms with Gasteiger partial charge in [0.1, 0.15) is 0 Å². The highest BCUT2D eigenvalue weighted by molar-refractivity contribution is 7.99. The van der Waals surface area contributed by atoms with Crippen LogP contribution in [0, 0.1) is 5.92 Å². The average molecular weight is 626 g/mol. The molecule has 0 spiro atoms. The Labute approximate surface area is 268 Å². The highest BCUT2D eigenvalue weighted by Crippen LogP contribution is 2.43. The number of thioether (sulfide) groups is 1. The molecule has 4 aromatic carbocycles. The van der Waals surface area contributed by atoms with Crippen molar-refractivity contribution in [2.45, 2.75) is 63.4 Å². The van der Waals surface area contributed by atoms with E-state index in [2.05, 4.69) is 36.5 Å². The summed E-state index contributed by atoms with van der Waals surface area (Å²) in [4.78, 5) is 24.6. The number of amides is 1. The van der Waals surface area contributed by atoms with E-state index in [4.69, 9.17) is 14.2 Å². The summed E-state index contributed by atoms with van der Waals surface area (Å²) in [5, 5.41) is 12.4. The van der Waals surface area contributed by atoms with Crippen molar-refractivity contribution in [3.05, 3.63) is 125 Å². The second-order valence-electron chi connectivity index (χ2n) is 11.2. The van der Waals surface area contributed by atoms with Gasteiger partial charge in [-0.05, 0) is 52.9 Å². The van der Waals surface area contributed by atoms with Crippen LogP contribution in [0.15, 0.2) is 108 Å². The third kappa shape index (κ3) is 8.61. The lowest BCUT2D eigenvalue weighted by molar-refractivity contribution is -0.268.